The number of anilines is 1. The van der Waals surface area contributed by atoms with E-state index in [9.17, 15) is 12.8 Å². The van der Waals surface area contributed by atoms with Crippen molar-refractivity contribution in [2.24, 2.45) is 0 Å². The molecule has 1 rings (SSSR count). The van der Waals surface area contributed by atoms with Crippen LogP contribution in [0.4, 0.5) is 10.1 Å². The Morgan fingerprint density at radius 2 is 2.11 bits per heavy atom. The van der Waals surface area contributed by atoms with Crippen LogP contribution in [0.2, 0.25) is 0 Å². The highest BCUT2D eigenvalue weighted by Crippen LogP contribution is 2.16. The first kappa shape index (κ1) is 16.2. The minimum atomic E-state index is -3.65. The van der Waals surface area contributed by atoms with Gasteiger partial charge in [0.2, 0.25) is 10.0 Å². The van der Waals surface area contributed by atoms with Crippen molar-refractivity contribution in [3.05, 3.63) is 24.0 Å². The molecule has 0 aliphatic carbocycles. The van der Waals surface area contributed by atoms with Gasteiger partial charge in [0.05, 0.1) is 10.6 Å². The second-order valence-corrected chi connectivity index (χ2v) is 6.76. The Balaban J connectivity index is 2.49. The van der Waals surface area contributed by atoms with Crippen LogP contribution in [0.5, 0.6) is 0 Å². The first-order valence-electron chi connectivity index (χ1n) is 5.70. The molecule has 0 heterocycles. The minimum absolute atomic E-state index is 0.0493. The van der Waals surface area contributed by atoms with E-state index in [1.54, 1.807) is 11.8 Å². The molecule has 0 amide bonds. The predicted molar refractivity (Wildman–Crippen MR) is 75.0 cm³/mol. The zero-order chi connectivity index (χ0) is 14.3. The highest BCUT2D eigenvalue weighted by Gasteiger charge is 2.14. The molecule has 0 atom stereocenters. The highest BCUT2D eigenvalue weighted by molar-refractivity contribution is 7.99. The Labute approximate surface area is 116 Å². The number of hydrogen-bond donors (Lipinski definition) is 3. The van der Waals surface area contributed by atoms with Crippen molar-refractivity contribution >= 4 is 27.5 Å². The maximum absolute atomic E-state index is 12.9. The number of halogens is 1. The van der Waals surface area contributed by atoms with Gasteiger partial charge in [0.1, 0.15) is 5.82 Å². The maximum Gasteiger partial charge on any atom is 0.240 e. The predicted octanol–water partition coefficient (Wildman–Crippen LogP) is 0.802. The van der Waals surface area contributed by atoms with Crippen LogP contribution in [-0.2, 0) is 10.0 Å². The number of aliphatic hydroxyl groups is 1. The molecule has 0 saturated carbocycles. The average Bonchev–Trinajstić information content (AvgIpc) is 2.36. The lowest BCUT2D eigenvalue weighted by molar-refractivity contribution is 0.296. The van der Waals surface area contributed by atoms with Gasteiger partial charge in [0.25, 0.3) is 0 Å². The van der Waals surface area contributed by atoms with Gasteiger partial charge in [0.15, 0.2) is 0 Å². The number of rotatable bonds is 8. The zero-order valence-electron chi connectivity index (χ0n) is 10.3. The summed E-state index contributed by atoms with van der Waals surface area (Å²) in [6.07, 6.45) is 0.686. The van der Waals surface area contributed by atoms with Crippen molar-refractivity contribution in [2.45, 2.75) is 11.3 Å². The molecular weight excluding hydrogens is 291 g/mol. The number of nitrogens with two attached hydrogens (primary N) is 1. The van der Waals surface area contributed by atoms with Gasteiger partial charge in [-0.15, -0.1) is 0 Å². The average molecular weight is 308 g/mol. The third-order valence-electron chi connectivity index (χ3n) is 2.26. The van der Waals surface area contributed by atoms with Crippen LogP contribution < -0.4 is 10.5 Å². The normalized spacial score (nSPS) is 11.7. The Kier molecular flexibility index (Phi) is 6.56. The quantitative estimate of drug-likeness (QED) is 0.488. The van der Waals surface area contributed by atoms with Gasteiger partial charge in [0, 0.05) is 18.9 Å². The van der Waals surface area contributed by atoms with Gasteiger partial charge in [-0.2, -0.15) is 11.8 Å². The van der Waals surface area contributed by atoms with Crippen LogP contribution in [0.25, 0.3) is 0 Å². The van der Waals surface area contributed by atoms with Gasteiger partial charge in [-0.25, -0.2) is 17.5 Å². The Morgan fingerprint density at radius 3 is 2.74 bits per heavy atom. The molecule has 0 radical (unpaired) electrons. The van der Waals surface area contributed by atoms with Crippen LogP contribution in [0.15, 0.2) is 23.1 Å². The van der Waals surface area contributed by atoms with E-state index >= 15 is 0 Å². The number of thioether (sulfide) groups is 1. The van der Waals surface area contributed by atoms with Crippen molar-refractivity contribution in [3.8, 4) is 0 Å². The molecule has 0 spiro atoms. The van der Waals surface area contributed by atoms with Gasteiger partial charge in [-0.3, -0.25) is 0 Å². The SMILES string of the molecule is Nc1cc(S(=O)(=O)NCCSCCCO)ccc1F. The first-order valence-corrected chi connectivity index (χ1v) is 8.34. The molecule has 0 aromatic heterocycles. The Bertz CT molecular complexity index is 509. The number of aliphatic hydroxyl groups excluding tert-OH is 1. The van der Waals surface area contributed by atoms with E-state index in [0.717, 1.165) is 17.9 Å². The van der Waals surface area contributed by atoms with Crippen molar-refractivity contribution in [2.75, 3.05) is 30.4 Å². The molecule has 0 unspecified atom stereocenters. The van der Waals surface area contributed by atoms with Crippen molar-refractivity contribution in [1.82, 2.24) is 4.72 Å². The summed E-state index contributed by atoms with van der Waals surface area (Å²) >= 11 is 1.55. The highest BCUT2D eigenvalue weighted by atomic mass is 32.2. The fourth-order valence-electron chi connectivity index (χ4n) is 1.29. The molecule has 0 aliphatic rings. The number of sulfonamides is 1. The minimum Gasteiger partial charge on any atom is -0.396 e. The van der Waals surface area contributed by atoms with E-state index in [2.05, 4.69) is 4.72 Å². The van der Waals surface area contributed by atoms with Crippen molar-refractivity contribution in [3.63, 3.8) is 0 Å². The number of nitrogens with one attached hydrogen (secondary N) is 1. The van der Waals surface area contributed by atoms with Gasteiger partial charge < -0.3 is 10.8 Å². The summed E-state index contributed by atoms with van der Waals surface area (Å²) in [7, 11) is -3.65. The van der Waals surface area contributed by atoms with Crippen LogP contribution in [0.1, 0.15) is 6.42 Å². The molecular formula is C11H17FN2O3S2. The molecule has 108 valence electrons. The van der Waals surface area contributed by atoms with E-state index < -0.39 is 15.8 Å². The fraction of sp³-hybridized carbons (Fsp3) is 0.455. The number of hydrogen-bond acceptors (Lipinski definition) is 5. The molecule has 0 aliphatic heterocycles. The molecule has 8 heteroatoms. The van der Waals surface area contributed by atoms with E-state index in [0.29, 0.717) is 12.2 Å². The van der Waals surface area contributed by atoms with Crippen LogP contribution in [0.3, 0.4) is 0 Å². The van der Waals surface area contributed by atoms with Crippen molar-refractivity contribution in [1.29, 1.82) is 0 Å². The molecule has 19 heavy (non-hydrogen) atoms. The lowest BCUT2D eigenvalue weighted by Crippen LogP contribution is -2.26. The lowest BCUT2D eigenvalue weighted by Gasteiger charge is -2.07. The fourth-order valence-corrected chi connectivity index (χ4v) is 3.27. The Hall–Kier alpha value is -0.830. The third-order valence-corrected chi connectivity index (χ3v) is 4.79. The monoisotopic (exact) mass is 308 g/mol. The largest absolute Gasteiger partial charge is 0.396 e. The summed E-state index contributed by atoms with van der Waals surface area (Å²) < 4.78 is 39.0. The summed E-state index contributed by atoms with van der Waals surface area (Å²) in [5.41, 5.74) is 5.14. The topological polar surface area (TPSA) is 92.4 Å². The molecule has 0 saturated heterocycles. The molecule has 1 aromatic rings. The summed E-state index contributed by atoms with van der Waals surface area (Å²) in [6.45, 7) is 0.406. The molecule has 4 N–H and O–H groups in total. The smallest absolute Gasteiger partial charge is 0.240 e. The standard InChI is InChI=1S/C11H17FN2O3S2/c12-10-3-2-9(8-11(10)13)19(16,17)14-4-7-18-6-1-5-15/h2-3,8,14-15H,1,4-7,13H2. The summed E-state index contributed by atoms with van der Waals surface area (Å²) in [5, 5.41) is 8.58. The van der Waals surface area contributed by atoms with Crippen LogP contribution in [0, 0.1) is 5.82 Å². The first-order chi connectivity index (χ1) is 8.97. The van der Waals surface area contributed by atoms with E-state index in [1.165, 1.54) is 6.07 Å². The van der Waals surface area contributed by atoms with Gasteiger partial charge in [-0.05, 0) is 30.4 Å². The molecule has 5 nitrogen and oxygen atoms in total. The second kappa shape index (κ2) is 7.68. The zero-order valence-corrected chi connectivity index (χ0v) is 11.9. The number of nitrogen functional groups attached to an aromatic ring is 1. The van der Waals surface area contributed by atoms with Crippen molar-refractivity contribution < 1.29 is 17.9 Å². The van der Waals surface area contributed by atoms with E-state index in [1.807, 2.05) is 0 Å². The van der Waals surface area contributed by atoms with Gasteiger partial charge in [-0.1, -0.05) is 0 Å². The van der Waals surface area contributed by atoms with Crippen LogP contribution >= 0.6 is 11.8 Å². The maximum atomic E-state index is 12.9. The summed E-state index contributed by atoms with van der Waals surface area (Å²) in [5.74, 6) is 0.746. The Morgan fingerprint density at radius 1 is 1.37 bits per heavy atom. The van der Waals surface area contributed by atoms with E-state index in [-0.39, 0.29) is 23.7 Å². The van der Waals surface area contributed by atoms with E-state index in [4.69, 9.17) is 10.8 Å². The lowest BCUT2D eigenvalue weighted by atomic mass is 10.3. The molecule has 0 fully saturated rings. The second-order valence-electron chi connectivity index (χ2n) is 3.77. The third kappa shape index (κ3) is 5.35. The summed E-state index contributed by atoms with van der Waals surface area (Å²) in [4.78, 5) is -0.0493. The summed E-state index contributed by atoms with van der Waals surface area (Å²) in [6, 6.07) is 3.30. The van der Waals surface area contributed by atoms with Crippen LogP contribution in [-0.4, -0.2) is 38.2 Å². The number of benzene rings is 1. The molecule has 0 bridgehead atoms. The molecule has 1 aromatic carbocycles. The van der Waals surface area contributed by atoms with Gasteiger partial charge >= 0.3 is 0 Å².